The van der Waals surface area contributed by atoms with Crippen molar-refractivity contribution in [2.45, 2.75) is 51.4 Å². The second kappa shape index (κ2) is 13.3. The zero-order valence-electron chi connectivity index (χ0n) is 15.7. The van der Waals surface area contributed by atoms with Crippen molar-refractivity contribution < 1.29 is 9.53 Å². The predicted octanol–water partition coefficient (Wildman–Crippen LogP) is 2.41. The molecule has 3 atom stereocenters. The molecule has 1 heterocycles. The van der Waals surface area contributed by atoms with Gasteiger partial charge < -0.3 is 15.8 Å². The van der Waals surface area contributed by atoms with Crippen LogP contribution in [0.1, 0.15) is 32.3 Å². The van der Waals surface area contributed by atoms with Crippen LogP contribution in [0.2, 0.25) is 0 Å². The summed E-state index contributed by atoms with van der Waals surface area (Å²) in [6.45, 7) is 7.39. The third-order valence-electron chi connectivity index (χ3n) is 4.82. The summed E-state index contributed by atoms with van der Waals surface area (Å²) in [5, 5.41) is 3.09. The summed E-state index contributed by atoms with van der Waals surface area (Å²) in [5.74, 6) is -0.00355. The summed E-state index contributed by atoms with van der Waals surface area (Å²) in [6, 6.07) is 10.7. The fourth-order valence-electron chi connectivity index (χ4n) is 3.36. The van der Waals surface area contributed by atoms with Crippen LogP contribution in [0.25, 0.3) is 0 Å². The molecule has 2 rings (SSSR count). The van der Waals surface area contributed by atoms with E-state index in [0.29, 0.717) is 13.1 Å². The van der Waals surface area contributed by atoms with Gasteiger partial charge in [-0.15, -0.1) is 24.8 Å². The van der Waals surface area contributed by atoms with E-state index in [1.54, 1.807) is 0 Å². The predicted molar refractivity (Wildman–Crippen MR) is 111 cm³/mol. The van der Waals surface area contributed by atoms with Crippen molar-refractivity contribution in [3.8, 4) is 0 Å². The van der Waals surface area contributed by atoms with E-state index in [2.05, 4.69) is 48.3 Å². The molecule has 3 N–H and O–H groups in total. The lowest BCUT2D eigenvalue weighted by molar-refractivity contribution is -0.132. The number of hydrogen-bond donors (Lipinski definition) is 2. The third kappa shape index (κ3) is 7.41. The standard InChI is InChI=1S/C19H31N3O2.2ClH/c1-3-22(4-2)16(12-15-8-6-5-7-9-15)14-21-19(23)18-11-10-17(13-20)24-18;;/h5-9,16-18H,3-4,10-14,20H2,1-2H3,(H,21,23);2*1H/t16?,17-,18+;;/m1../s1. The molecule has 0 spiro atoms. The van der Waals surface area contributed by atoms with E-state index in [1.807, 2.05) is 6.07 Å². The fraction of sp³-hybridized carbons (Fsp3) is 0.632. The highest BCUT2D eigenvalue weighted by Crippen LogP contribution is 2.19. The number of carbonyl (C=O) groups excluding carboxylic acids is 1. The van der Waals surface area contributed by atoms with Crippen LogP contribution in [0.15, 0.2) is 30.3 Å². The molecular weight excluding hydrogens is 373 g/mol. The quantitative estimate of drug-likeness (QED) is 0.661. The molecule has 1 aliphatic rings. The minimum absolute atomic E-state index is 0. The Labute approximate surface area is 169 Å². The molecule has 5 nitrogen and oxygen atoms in total. The highest BCUT2D eigenvalue weighted by atomic mass is 35.5. The number of nitrogens with two attached hydrogens (primary N) is 1. The first kappa shape index (κ1) is 25.1. The summed E-state index contributed by atoms with van der Waals surface area (Å²) < 4.78 is 5.69. The van der Waals surface area contributed by atoms with E-state index in [9.17, 15) is 4.79 Å². The lowest BCUT2D eigenvalue weighted by atomic mass is 10.0. The van der Waals surface area contributed by atoms with Gasteiger partial charge in [0.25, 0.3) is 0 Å². The Bertz CT molecular complexity index is 501. The van der Waals surface area contributed by atoms with E-state index in [4.69, 9.17) is 10.5 Å². The van der Waals surface area contributed by atoms with Crippen LogP contribution in [0.3, 0.4) is 0 Å². The van der Waals surface area contributed by atoms with Crippen molar-refractivity contribution in [1.29, 1.82) is 0 Å². The van der Waals surface area contributed by atoms with Gasteiger partial charge in [-0.25, -0.2) is 0 Å². The number of amides is 1. The SMILES string of the molecule is CCN(CC)C(CNC(=O)[C@@H]1CC[C@H](CN)O1)Cc1ccccc1.Cl.Cl. The number of likely N-dealkylation sites (N-methyl/N-ethyl adjacent to an activating group) is 1. The number of nitrogens with one attached hydrogen (secondary N) is 1. The first-order valence-electron chi connectivity index (χ1n) is 9.09. The smallest absolute Gasteiger partial charge is 0.249 e. The maximum Gasteiger partial charge on any atom is 0.249 e. The van der Waals surface area contributed by atoms with Gasteiger partial charge in [0.05, 0.1) is 6.10 Å². The average molecular weight is 406 g/mol. The summed E-state index contributed by atoms with van der Waals surface area (Å²) in [5.41, 5.74) is 6.91. The molecule has 1 amide bonds. The van der Waals surface area contributed by atoms with Crippen molar-refractivity contribution in [2.75, 3.05) is 26.2 Å². The number of rotatable bonds is 9. The first-order valence-corrected chi connectivity index (χ1v) is 9.09. The summed E-state index contributed by atoms with van der Waals surface area (Å²) in [6.07, 6.45) is 2.26. The number of ether oxygens (including phenoxy) is 1. The highest BCUT2D eigenvalue weighted by Gasteiger charge is 2.30. The van der Waals surface area contributed by atoms with Crippen LogP contribution >= 0.6 is 24.8 Å². The highest BCUT2D eigenvalue weighted by molar-refractivity contribution is 5.85. The van der Waals surface area contributed by atoms with E-state index < -0.39 is 0 Å². The Kier molecular flexibility index (Phi) is 12.9. The number of benzene rings is 1. The molecule has 0 aromatic heterocycles. The molecule has 1 saturated heterocycles. The van der Waals surface area contributed by atoms with Gasteiger partial charge in [0.2, 0.25) is 5.91 Å². The van der Waals surface area contributed by atoms with Gasteiger partial charge in [-0.2, -0.15) is 0 Å². The molecule has 150 valence electrons. The Morgan fingerprint density at radius 3 is 2.42 bits per heavy atom. The van der Waals surface area contributed by atoms with Gasteiger partial charge in [0, 0.05) is 19.1 Å². The summed E-state index contributed by atoms with van der Waals surface area (Å²) in [4.78, 5) is 14.8. The molecule has 1 aromatic rings. The van der Waals surface area contributed by atoms with Crippen LogP contribution in [-0.4, -0.2) is 55.2 Å². The molecule has 0 bridgehead atoms. The molecule has 0 saturated carbocycles. The Hall–Kier alpha value is -0.850. The lowest BCUT2D eigenvalue weighted by Crippen LogP contribution is -2.47. The molecule has 0 aliphatic carbocycles. The maximum absolute atomic E-state index is 12.4. The van der Waals surface area contributed by atoms with Crippen molar-refractivity contribution >= 4 is 30.7 Å². The second-order valence-corrected chi connectivity index (χ2v) is 6.37. The van der Waals surface area contributed by atoms with Gasteiger partial charge in [-0.1, -0.05) is 44.2 Å². The summed E-state index contributed by atoms with van der Waals surface area (Å²) in [7, 11) is 0. The van der Waals surface area contributed by atoms with Crippen LogP contribution in [-0.2, 0) is 16.0 Å². The first-order chi connectivity index (χ1) is 11.7. The van der Waals surface area contributed by atoms with E-state index in [-0.39, 0.29) is 49.0 Å². The lowest BCUT2D eigenvalue weighted by Gasteiger charge is -2.30. The minimum atomic E-state index is -0.340. The average Bonchev–Trinajstić information content (AvgIpc) is 3.10. The van der Waals surface area contributed by atoms with Crippen molar-refractivity contribution in [3.63, 3.8) is 0 Å². The van der Waals surface area contributed by atoms with Crippen LogP contribution < -0.4 is 11.1 Å². The normalized spacial score (nSPS) is 20.2. The number of halogens is 2. The number of hydrogen-bond acceptors (Lipinski definition) is 4. The van der Waals surface area contributed by atoms with Crippen molar-refractivity contribution in [1.82, 2.24) is 10.2 Å². The largest absolute Gasteiger partial charge is 0.364 e. The van der Waals surface area contributed by atoms with Gasteiger partial charge in [0.15, 0.2) is 0 Å². The molecule has 1 unspecified atom stereocenters. The van der Waals surface area contributed by atoms with Gasteiger partial charge in [0.1, 0.15) is 6.10 Å². The number of carbonyl (C=O) groups is 1. The fourth-order valence-corrected chi connectivity index (χ4v) is 3.36. The molecule has 1 aromatic carbocycles. The Morgan fingerprint density at radius 2 is 1.88 bits per heavy atom. The summed E-state index contributed by atoms with van der Waals surface area (Å²) >= 11 is 0. The van der Waals surface area contributed by atoms with Crippen molar-refractivity contribution in [2.24, 2.45) is 5.73 Å². The minimum Gasteiger partial charge on any atom is -0.364 e. The second-order valence-electron chi connectivity index (χ2n) is 6.37. The van der Waals surface area contributed by atoms with Gasteiger partial charge >= 0.3 is 0 Å². The zero-order chi connectivity index (χ0) is 17.4. The molecule has 1 fully saturated rings. The molecular formula is C19H33Cl2N3O2. The topological polar surface area (TPSA) is 67.6 Å². The van der Waals surface area contributed by atoms with E-state index in [0.717, 1.165) is 32.4 Å². The zero-order valence-corrected chi connectivity index (χ0v) is 17.4. The third-order valence-corrected chi connectivity index (χ3v) is 4.82. The maximum atomic E-state index is 12.4. The van der Waals surface area contributed by atoms with E-state index >= 15 is 0 Å². The van der Waals surface area contributed by atoms with E-state index in [1.165, 1.54) is 5.56 Å². The Balaban J connectivity index is 0.00000312. The van der Waals surface area contributed by atoms with Gasteiger partial charge in [-0.3, -0.25) is 9.69 Å². The van der Waals surface area contributed by atoms with Gasteiger partial charge in [-0.05, 0) is 37.9 Å². The molecule has 7 heteroatoms. The molecule has 0 radical (unpaired) electrons. The van der Waals surface area contributed by atoms with Crippen LogP contribution in [0, 0.1) is 0 Å². The number of nitrogens with zero attached hydrogens (tertiary/aromatic N) is 1. The Morgan fingerprint density at radius 1 is 1.23 bits per heavy atom. The molecule has 1 aliphatic heterocycles. The molecule has 26 heavy (non-hydrogen) atoms. The van der Waals surface area contributed by atoms with Crippen LogP contribution in [0.5, 0.6) is 0 Å². The van der Waals surface area contributed by atoms with Crippen LogP contribution in [0.4, 0.5) is 0 Å². The monoisotopic (exact) mass is 405 g/mol. The van der Waals surface area contributed by atoms with Crippen molar-refractivity contribution in [3.05, 3.63) is 35.9 Å².